The van der Waals surface area contributed by atoms with E-state index >= 15 is 0 Å². The molecule has 2 N–H and O–H groups in total. The summed E-state index contributed by atoms with van der Waals surface area (Å²) in [5, 5.41) is 5.49. The Labute approximate surface area is 196 Å². The molecule has 0 unspecified atom stereocenters. The van der Waals surface area contributed by atoms with Crippen molar-refractivity contribution in [3.8, 4) is 5.75 Å². The maximum Gasteiger partial charge on any atom is 0.513 e. The predicted molar refractivity (Wildman–Crippen MR) is 126 cm³/mol. The number of halogens is 1. The van der Waals surface area contributed by atoms with Crippen LogP contribution in [0.1, 0.15) is 28.4 Å². The SMILES string of the molecule is CCOC(=O)Oc1ccc(C(=O)NCc2ccc(NC(=O)/C=C/c3ccccc3F)cc2)cc1. The normalized spacial score (nSPS) is 10.5. The molecule has 0 bridgehead atoms. The summed E-state index contributed by atoms with van der Waals surface area (Å²) in [5.74, 6) is -0.812. The number of benzene rings is 3. The van der Waals surface area contributed by atoms with Gasteiger partial charge in [0.25, 0.3) is 5.91 Å². The van der Waals surface area contributed by atoms with Crippen LogP contribution in [0.2, 0.25) is 0 Å². The summed E-state index contributed by atoms with van der Waals surface area (Å²) in [6, 6.07) is 19.2. The highest BCUT2D eigenvalue weighted by Gasteiger charge is 2.08. The van der Waals surface area contributed by atoms with Gasteiger partial charge in [-0.05, 0) is 61.0 Å². The zero-order valence-electron chi connectivity index (χ0n) is 18.4. The van der Waals surface area contributed by atoms with E-state index in [1.54, 1.807) is 49.4 Å². The van der Waals surface area contributed by atoms with Gasteiger partial charge in [0.2, 0.25) is 5.91 Å². The van der Waals surface area contributed by atoms with Crippen LogP contribution in [0.4, 0.5) is 14.9 Å². The Morgan fingerprint density at radius 2 is 1.65 bits per heavy atom. The molecular formula is C26H23FN2O5. The molecule has 7 nitrogen and oxygen atoms in total. The van der Waals surface area contributed by atoms with Crippen LogP contribution in [-0.2, 0) is 16.1 Å². The number of nitrogens with one attached hydrogen (secondary N) is 2. The smallest absolute Gasteiger partial charge is 0.434 e. The first-order valence-corrected chi connectivity index (χ1v) is 10.5. The van der Waals surface area contributed by atoms with Crippen LogP contribution in [0.5, 0.6) is 5.75 Å². The minimum absolute atomic E-state index is 0.208. The Morgan fingerprint density at radius 1 is 0.941 bits per heavy atom. The Bertz CT molecular complexity index is 1170. The number of ether oxygens (including phenoxy) is 2. The van der Waals surface area contributed by atoms with E-state index in [4.69, 9.17) is 9.47 Å². The van der Waals surface area contributed by atoms with E-state index < -0.39 is 12.0 Å². The van der Waals surface area contributed by atoms with Gasteiger partial charge in [-0.3, -0.25) is 9.59 Å². The number of anilines is 1. The zero-order chi connectivity index (χ0) is 24.3. The van der Waals surface area contributed by atoms with Crippen molar-refractivity contribution in [2.24, 2.45) is 0 Å². The standard InChI is InChI=1S/C26H23FN2O5/c1-2-33-26(32)34-22-14-9-20(10-15-22)25(31)28-17-18-7-12-21(13-8-18)29-24(30)16-11-19-5-3-4-6-23(19)27/h3-16H,2,17H2,1H3,(H,28,31)(H,29,30)/b16-11+. The molecule has 3 aromatic carbocycles. The number of amides is 2. The second-order valence-corrected chi connectivity index (χ2v) is 7.03. The second-order valence-electron chi connectivity index (χ2n) is 7.03. The molecule has 0 saturated heterocycles. The maximum absolute atomic E-state index is 13.6. The van der Waals surface area contributed by atoms with Crippen molar-refractivity contribution in [1.29, 1.82) is 0 Å². The van der Waals surface area contributed by atoms with E-state index in [0.717, 1.165) is 5.56 Å². The summed E-state index contributed by atoms with van der Waals surface area (Å²) in [6.45, 7) is 2.16. The van der Waals surface area contributed by atoms with Gasteiger partial charge in [-0.1, -0.05) is 30.3 Å². The van der Waals surface area contributed by atoms with Crippen molar-refractivity contribution >= 4 is 29.7 Å². The van der Waals surface area contributed by atoms with E-state index in [9.17, 15) is 18.8 Å². The average molecular weight is 462 g/mol. The fourth-order valence-corrected chi connectivity index (χ4v) is 2.87. The van der Waals surface area contributed by atoms with E-state index in [1.165, 1.54) is 42.5 Å². The molecular weight excluding hydrogens is 439 g/mol. The third kappa shape index (κ3) is 7.30. The fraction of sp³-hybridized carbons (Fsp3) is 0.115. The largest absolute Gasteiger partial charge is 0.513 e. The van der Waals surface area contributed by atoms with Crippen LogP contribution in [0, 0.1) is 5.82 Å². The number of carbonyl (C=O) groups is 3. The molecule has 0 spiro atoms. The molecule has 0 atom stereocenters. The fourth-order valence-electron chi connectivity index (χ4n) is 2.87. The molecule has 0 radical (unpaired) electrons. The monoisotopic (exact) mass is 462 g/mol. The minimum Gasteiger partial charge on any atom is -0.434 e. The number of rotatable bonds is 8. The summed E-state index contributed by atoms with van der Waals surface area (Å²) in [7, 11) is 0. The maximum atomic E-state index is 13.6. The van der Waals surface area contributed by atoms with E-state index in [-0.39, 0.29) is 30.7 Å². The lowest BCUT2D eigenvalue weighted by Crippen LogP contribution is -2.22. The minimum atomic E-state index is -0.805. The van der Waals surface area contributed by atoms with Crippen LogP contribution < -0.4 is 15.4 Å². The van der Waals surface area contributed by atoms with Crippen molar-refractivity contribution in [1.82, 2.24) is 5.32 Å². The Kier molecular flexibility index (Phi) is 8.51. The third-order valence-corrected chi connectivity index (χ3v) is 4.57. The molecule has 0 aromatic heterocycles. The highest BCUT2D eigenvalue weighted by Crippen LogP contribution is 2.14. The molecule has 0 aliphatic carbocycles. The number of hydrogen-bond acceptors (Lipinski definition) is 5. The second kappa shape index (κ2) is 12.0. The van der Waals surface area contributed by atoms with Crippen molar-refractivity contribution in [2.45, 2.75) is 13.5 Å². The lowest BCUT2D eigenvalue weighted by Gasteiger charge is -2.08. The predicted octanol–water partition coefficient (Wildman–Crippen LogP) is 4.94. The van der Waals surface area contributed by atoms with Crippen LogP contribution in [-0.4, -0.2) is 24.6 Å². The lowest BCUT2D eigenvalue weighted by atomic mass is 10.1. The average Bonchev–Trinajstić information content (AvgIpc) is 2.83. The van der Waals surface area contributed by atoms with Crippen LogP contribution in [0.15, 0.2) is 78.9 Å². The van der Waals surface area contributed by atoms with Gasteiger partial charge in [-0.2, -0.15) is 0 Å². The van der Waals surface area contributed by atoms with Gasteiger partial charge in [0.15, 0.2) is 0 Å². The molecule has 2 amide bonds. The summed E-state index contributed by atoms with van der Waals surface area (Å²) >= 11 is 0. The van der Waals surface area contributed by atoms with Crippen molar-refractivity contribution in [2.75, 3.05) is 11.9 Å². The molecule has 3 aromatic rings. The molecule has 3 rings (SSSR count). The van der Waals surface area contributed by atoms with Crippen LogP contribution >= 0.6 is 0 Å². The number of hydrogen-bond donors (Lipinski definition) is 2. The van der Waals surface area contributed by atoms with Crippen LogP contribution in [0.3, 0.4) is 0 Å². The van der Waals surface area contributed by atoms with Crippen molar-refractivity contribution in [3.63, 3.8) is 0 Å². The van der Waals surface area contributed by atoms with E-state index in [2.05, 4.69) is 10.6 Å². The Balaban J connectivity index is 1.48. The van der Waals surface area contributed by atoms with Crippen molar-refractivity contribution < 1.29 is 28.2 Å². The molecule has 174 valence electrons. The molecule has 0 heterocycles. The highest BCUT2D eigenvalue weighted by molar-refractivity contribution is 6.02. The molecule has 34 heavy (non-hydrogen) atoms. The summed E-state index contributed by atoms with van der Waals surface area (Å²) < 4.78 is 23.3. The van der Waals surface area contributed by atoms with E-state index in [0.29, 0.717) is 16.8 Å². The first-order chi connectivity index (χ1) is 16.4. The summed E-state index contributed by atoms with van der Waals surface area (Å²) in [4.78, 5) is 35.7. The molecule has 0 saturated carbocycles. The molecule has 0 aliphatic heterocycles. The van der Waals surface area contributed by atoms with Gasteiger partial charge >= 0.3 is 6.16 Å². The molecule has 0 fully saturated rings. The van der Waals surface area contributed by atoms with Gasteiger partial charge in [0.1, 0.15) is 11.6 Å². The summed E-state index contributed by atoms with van der Waals surface area (Å²) in [6.07, 6.45) is 1.86. The van der Waals surface area contributed by atoms with Gasteiger partial charge < -0.3 is 20.1 Å². The Morgan fingerprint density at radius 3 is 2.32 bits per heavy atom. The van der Waals surface area contributed by atoms with E-state index in [1.807, 2.05) is 0 Å². The molecule has 8 heteroatoms. The van der Waals surface area contributed by atoms with Gasteiger partial charge in [-0.15, -0.1) is 0 Å². The molecule has 0 aliphatic rings. The summed E-state index contributed by atoms with van der Waals surface area (Å²) in [5.41, 5.74) is 2.12. The lowest BCUT2D eigenvalue weighted by molar-refractivity contribution is -0.111. The topological polar surface area (TPSA) is 93.7 Å². The first kappa shape index (κ1) is 24.2. The van der Waals surface area contributed by atoms with Crippen LogP contribution in [0.25, 0.3) is 6.08 Å². The first-order valence-electron chi connectivity index (χ1n) is 10.5. The Hall–Kier alpha value is -4.46. The highest BCUT2D eigenvalue weighted by atomic mass is 19.1. The zero-order valence-corrected chi connectivity index (χ0v) is 18.4. The van der Waals surface area contributed by atoms with Gasteiger partial charge in [-0.25, -0.2) is 9.18 Å². The number of carbonyl (C=O) groups excluding carboxylic acids is 3. The third-order valence-electron chi connectivity index (χ3n) is 4.57. The van der Waals surface area contributed by atoms with Gasteiger partial charge in [0, 0.05) is 29.4 Å². The van der Waals surface area contributed by atoms with Crippen molar-refractivity contribution in [3.05, 3.63) is 101 Å². The quantitative estimate of drug-likeness (QED) is 0.281. The van der Waals surface area contributed by atoms with Gasteiger partial charge in [0.05, 0.1) is 6.61 Å².